The summed E-state index contributed by atoms with van der Waals surface area (Å²) in [6.07, 6.45) is 3.62. The Hall–Kier alpha value is -3.94. The van der Waals surface area contributed by atoms with Gasteiger partial charge in [0.2, 0.25) is 11.8 Å². The van der Waals surface area contributed by atoms with Crippen LogP contribution in [0, 0.1) is 11.6 Å². The van der Waals surface area contributed by atoms with Gasteiger partial charge in [-0.05, 0) is 31.5 Å². The Morgan fingerprint density at radius 3 is 2.63 bits per heavy atom. The van der Waals surface area contributed by atoms with Crippen molar-refractivity contribution >= 4 is 40.6 Å². The number of pyridine rings is 3. The lowest BCUT2D eigenvalue weighted by Crippen LogP contribution is -2.35. The fourth-order valence-electron chi connectivity index (χ4n) is 5.08. The molecule has 242 valence electrons. The number of aliphatic hydroxyl groups is 1. The number of nitrogens with zero attached hydrogens (tertiary/aromatic N) is 3. The number of amides is 1. The quantitative estimate of drug-likeness (QED) is 0.127. The highest BCUT2D eigenvalue weighted by atomic mass is 35.5. The van der Waals surface area contributed by atoms with Gasteiger partial charge in [0.15, 0.2) is 11.6 Å². The van der Waals surface area contributed by atoms with Crippen molar-refractivity contribution in [2.45, 2.75) is 45.0 Å². The summed E-state index contributed by atoms with van der Waals surface area (Å²) in [6, 6.07) is 9.51. The maximum atomic E-state index is 15.4. The lowest BCUT2D eigenvalue weighted by Gasteiger charge is -2.16. The number of carbonyl (C=O) groups excluding carboxylic acids is 1. The molecule has 0 spiro atoms. The molecule has 2 atom stereocenters. The van der Waals surface area contributed by atoms with Crippen LogP contribution >= 0.6 is 23.2 Å². The van der Waals surface area contributed by atoms with Crippen LogP contribution in [-0.2, 0) is 17.9 Å². The van der Waals surface area contributed by atoms with Crippen molar-refractivity contribution in [1.29, 1.82) is 0 Å². The molecular formula is C32H33Cl2F2N7O3. The minimum absolute atomic E-state index is 0.00694. The highest BCUT2D eigenvalue weighted by Crippen LogP contribution is 2.41. The molecule has 0 saturated carbocycles. The van der Waals surface area contributed by atoms with Gasteiger partial charge >= 0.3 is 0 Å². The fourth-order valence-corrected chi connectivity index (χ4v) is 5.65. The molecule has 1 saturated heterocycles. The predicted molar refractivity (Wildman–Crippen MR) is 173 cm³/mol. The summed E-state index contributed by atoms with van der Waals surface area (Å²) in [6.45, 7) is 2.78. The van der Waals surface area contributed by atoms with Crippen molar-refractivity contribution in [3.05, 3.63) is 81.6 Å². The molecule has 4 aromatic rings. The van der Waals surface area contributed by atoms with Crippen LogP contribution in [0.25, 0.3) is 22.5 Å². The van der Waals surface area contributed by atoms with Crippen LogP contribution in [0.5, 0.6) is 5.88 Å². The number of benzene rings is 1. The van der Waals surface area contributed by atoms with Gasteiger partial charge in [-0.25, -0.2) is 18.7 Å². The van der Waals surface area contributed by atoms with Gasteiger partial charge in [-0.1, -0.05) is 35.3 Å². The van der Waals surface area contributed by atoms with Crippen molar-refractivity contribution in [3.63, 3.8) is 0 Å². The predicted octanol–water partition coefficient (Wildman–Crippen LogP) is 5.38. The van der Waals surface area contributed by atoms with Gasteiger partial charge in [0.25, 0.3) is 0 Å². The summed E-state index contributed by atoms with van der Waals surface area (Å²) < 4.78 is 36.1. The largest absolute Gasteiger partial charge is 0.481 e. The van der Waals surface area contributed by atoms with E-state index in [1.54, 1.807) is 37.3 Å². The second-order valence-electron chi connectivity index (χ2n) is 10.8. The Balaban J connectivity index is 1.38. The van der Waals surface area contributed by atoms with Gasteiger partial charge < -0.3 is 31.1 Å². The second kappa shape index (κ2) is 15.1. The number of rotatable bonds is 13. The molecule has 3 aromatic heterocycles. The van der Waals surface area contributed by atoms with Gasteiger partial charge in [0, 0.05) is 73.8 Å². The number of carbonyl (C=O) groups is 1. The van der Waals surface area contributed by atoms with E-state index < -0.39 is 17.7 Å². The van der Waals surface area contributed by atoms with Gasteiger partial charge in [-0.15, -0.1) is 0 Å². The summed E-state index contributed by atoms with van der Waals surface area (Å²) in [5, 5.41) is 21.8. The molecule has 5 N–H and O–H groups in total. The van der Waals surface area contributed by atoms with Gasteiger partial charge in [-0.2, -0.15) is 0 Å². The molecule has 1 aromatic carbocycles. The first-order valence-corrected chi connectivity index (χ1v) is 15.4. The van der Waals surface area contributed by atoms with E-state index in [2.05, 4.69) is 36.2 Å². The maximum Gasteiger partial charge on any atom is 0.221 e. The average Bonchev–Trinajstić information content (AvgIpc) is 3.45. The highest BCUT2D eigenvalue weighted by Gasteiger charge is 2.23. The molecule has 10 nitrogen and oxygen atoms in total. The number of methoxy groups -OCH3 is 1. The van der Waals surface area contributed by atoms with Crippen LogP contribution in [0.4, 0.5) is 20.3 Å². The molecule has 0 bridgehead atoms. The van der Waals surface area contributed by atoms with Crippen molar-refractivity contribution in [3.8, 4) is 28.4 Å². The van der Waals surface area contributed by atoms with Crippen LogP contribution in [0.15, 0.2) is 48.8 Å². The van der Waals surface area contributed by atoms with Gasteiger partial charge in [0.05, 0.1) is 45.9 Å². The summed E-state index contributed by atoms with van der Waals surface area (Å²) in [4.78, 5) is 24.5. The van der Waals surface area contributed by atoms with Crippen LogP contribution in [0.3, 0.4) is 0 Å². The highest BCUT2D eigenvalue weighted by molar-refractivity contribution is 6.39. The van der Waals surface area contributed by atoms with Crippen LogP contribution in [0.1, 0.15) is 30.9 Å². The third kappa shape index (κ3) is 7.71. The monoisotopic (exact) mass is 671 g/mol. The lowest BCUT2D eigenvalue weighted by atomic mass is 10.0. The molecule has 0 unspecified atom stereocenters. The first kappa shape index (κ1) is 33.4. The number of aliphatic hydroxyl groups excluding tert-OH is 1. The Kier molecular flexibility index (Phi) is 11.0. The number of halogens is 4. The molecule has 4 heterocycles. The molecular weight excluding hydrogens is 639 g/mol. The van der Waals surface area contributed by atoms with E-state index in [-0.39, 0.29) is 58.0 Å². The summed E-state index contributed by atoms with van der Waals surface area (Å²) >= 11 is 13.6. The number of anilines is 2. The SMILES string of the molecule is COc1nc(-c2ccnc(-c3cccc(Nc4nccc(CNC[C@@H](C)O)c4F)c3Cl)c2Cl)cc(F)c1CNC[C@@H]1CCC(=O)N1. The van der Waals surface area contributed by atoms with Crippen LogP contribution < -0.4 is 26.0 Å². The topological polar surface area (TPSA) is 133 Å². The Morgan fingerprint density at radius 1 is 1.09 bits per heavy atom. The van der Waals surface area contributed by atoms with Gasteiger partial charge in [-0.3, -0.25) is 9.78 Å². The van der Waals surface area contributed by atoms with Crippen molar-refractivity contribution in [2.24, 2.45) is 0 Å². The molecule has 46 heavy (non-hydrogen) atoms. The minimum atomic E-state index is -0.569. The number of aromatic nitrogens is 3. The zero-order valence-electron chi connectivity index (χ0n) is 25.1. The fraction of sp³-hybridized carbons (Fsp3) is 0.312. The van der Waals surface area contributed by atoms with E-state index in [1.165, 1.54) is 25.6 Å². The Bertz CT molecular complexity index is 1730. The van der Waals surface area contributed by atoms with E-state index in [0.717, 1.165) is 6.42 Å². The zero-order chi connectivity index (χ0) is 32.8. The molecule has 0 radical (unpaired) electrons. The van der Waals surface area contributed by atoms with E-state index in [4.69, 9.17) is 27.9 Å². The smallest absolute Gasteiger partial charge is 0.221 e. The Morgan fingerprint density at radius 2 is 1.89 bits per heavy atom. The first-order valence-electron chi connectivity index (χ1n) is 14.6. The van der Waals surface area contributed by atoms with Gasteiger partial charge in [0.1, 0.15) is 5.82 Å². The van der Waals surface area contributed by atoms with Crippen LogP contribution in [0.2, 0.25) is 10.0 Å². The molecule has 5 rings (SSSR count). The number of hydrogen-bond donors (Lipinski definition) is 5. The average molecular weight is 673 g/mol. The maximum absolute atomic E-state index is 15.4. The van der Waals surface area contributed by atoms with Crippen molar-refractivity contribution in [1.82, 2.24) is 30.9 Å². The molecule has 1 aliphatic rings. The minimum Gasteiger partial charge on any atom is -0.481 e. The second-order valence-corrected chi connectivity index (χ2v) is 11.6. The third-order valence-corrected chi connectivity index (χ3v) is 8.19. The number of nitrogens with one attached hydrogen (secondary N) is 4. The van der Waals surface area contributed by atoms with E-state index in [1.807, 2.05) is 0 Å². The standard InChI is InChI=1S/C32H33Cl2F2N7O3/c1-17(44)13-37-14-18-8-10-40-31(29(18)36)42-24-5-3-4-21(27(24)33)30-28(34)20(9-11-39-30)25-12-23(35)22(32(43-25)46-2)16-38-15-19-6-7-26(45)41-19/h3-5,8-12,17,19,37-38,44H,6-7,13-16H2,1-2H3,(H,40,42)(H,41,45)/t17-,19+/m1/s1. The first-order chi connectivity index (χ1) is 22.2. The lowest BCUT2D eigenvalue weighted by molar-refractivity contribution is -0.119. The summed E-state index contributed by atoms with van der Waals surface area (Å²) in [5.41, 5.74) is 2.35. The summed E-state index contributed by atoms with van der Waals surface area (Å²) in [5.74, 6) is -1.03. The molecule has 1 fully saturated rings. The third-order valence-electron chi connectivity index (χ3n) is 7.40. The zero-order valence-corrected chi connectivity index (χ0v) is 26.6. The van der Waals surface area contributed by atoms with E-state index in [0.29, 0.717) is 47.6 Å². The summed E-state index contributed by atoms with van der Waals surface area (Å²) in [7, 11) is 1.41. The molecule has 14 heteroatoms. The number of hydrogen-bond acceptors (Lipinski definition) is 9. The van der Waals surface area contributed by atoms with Crippen molar-refractivity contribution in [2.75, 3.05) is 25.5 Å². The normalized spacial score (nSPS) is 15.1. The molecule has 1 aliphatic heterocycles. The number of ether oxygens (including phenoxy) is 1. The molecule has 0 aliphatic carbocycles. The van der Waals surface area contributed by atoms with E-state index >= 15 is 8.78 Å². The van der Waals surface area contributed by atoms with E-state index in [9.17, 15) is 9.90 Å². The van der Waals surface area contributed by atoms with Crippen LogP contribution in [-0.4, -0.2) is 58.3 Å². The molecule has 1 amide bonds. The van der Waals surface area contributed by atoms with Crippen molar-refractivity contribution < 1.29 is 23.4 Å². The Labute approximate surface area is 274 Å².